The summed E-state index contributed by atoms with van der Waals surface area (Å²) >= 11 is 0. The minimum absolute atomic E-state index is 0.208. The predicted octanol–water partition coefficient (Wildman–Crippen LogP) is 2.18. The van der Waals surface area contributed by atoms with E-state index in [0.717, 1.165) is 0 Å². The van der Waals surface area contributed by atoms with E-state index in [1.165, 1.54) is 6.92 Å². The fraction of sp³-hybridized carbons (Fsp3) is 1.00. The molecule has 0 heterocycles. The summed E-state index contributed by atoms with van der Waals surface area (Å²) < 4.78 is 38.2. The third-order valence-corrected chi connectivity index (χ3v) is 2.78. The maximum atomic E-state index is 13.2. The third-order valence-electron chi connectivity index (χ3n) is 2.78. The van der Waals surface area contributed by atoms with E-state index in [1.807, 2.05) is 0 Å². The van der Waals surface area contributed by atoms with Gasteiger partial charge in [-0.15, -0.1) is 0 Å². The van der Waals surface area contributed by atoms with Crippen LogP contribution in [0.2, 0.25) is 0 Å². The standard InChI is InChI=1S/C9H15F3O/c1-9(13,5-10)7-3-2-6(11)4-8(7)12/h6-8,13H,2-5H2,1H3. The summed E-state index contributed by atoms with van der Waals surface area (Å²) in [4.78, 5) is 0. The Morgan fingerprint density at radius 2 is 2.00 bits per heavy atom. The molecule has 4 atom stereocenters. The van der Waals surface area contributed by atoms with Crippen molar-refractivity contribution in [1.82, 2.24) is 0 Å². The highest BCUT2D eigenvalue weighted by Gasteiger charge is 2.42. The molecule has 0 radical (unpaired) electrons. The van der Waals surface area contributed by atoms with Gasteiger partial charge in [-0.1, -0.05) is 0 Å². The van der Waals surface area contributed by atoms with Crippen LogP contribution in [-0.4, -0.2) is 29.7 Å². The quantitative estimate of drug-likeness (QED) is 0.717. The normalized spacial score (nSPS) is 39.9. The average Bonchev–Trinajstić information content (AvgIpc) is 2.03. The van der Waals surface area contributed by atoms with Crippen molar-refractivity contribution < 1.29 is 18.3 Å². The van der Waals surface area contributed by atoms with Crippen LogP contribution in [0.4, 0.5) is 13.2 Å². The molecule has 1 aliphatic carbocycles. The van der Waals surface area contributed by atoms with E-state index >= 15 is 0 Å². The molecule has 1 aliphatic rings. The van der Waals surface area contributed by atoms with Gasteiger partial charge in [0.25, 0.3) is 0 Å². The largest absolute Gasteiger partial charge is 0.387 e. The topological polar surface area (TPSA) is 20.2 Å². The van der Waals surface area contributed by atoms with Crippen LogP contribution < -0.4 is 0 Å². The first-order chi connectivity index (χ1) is 5.97. The van der Waals surface area contributed by atoms with Crippen LogP contribution in [0.5, 0.6) is 0 Å². The summed E-state index contributed by atoms with van der Waals surface area (Å²) in [5.41, 5.74) is -1.64. The van der Waals surface area contributed by atoms with Crippen LogP contribution >= 0.6 is 0 Å². The van der Waals surface area contributed by atoms with Crippen LogP contribution in [0.1, 0.15) is 26.2 Å². The van der Waals surface area contributed by atoms with Gasteiger partial charge in [-0.25, -0.2) is 13.2 Å². The van der Waals surface area contributed by atoms with E-state index in [4.69, 9.17) is 0 Å². The number of halogens is 3. The van der Waals surface area contributed by atoms with E-state index in [1.54, 1.807) is 0 Å². The molecule has 13 heavy (non-hydrogen) atoms. The van der Waals surface area contributed by atoms with Gasteiger partial charge >= 0.3 is 0 Å². The van der Waals surface area contributed by atoms with Crippen molar-refractivity contribution >= 4 is 0 Å². The molecule has 0 saturated heterocycles. The smallest absolute Gasteiger partial charge is 0.118 e. The van der Waals surface area contributed by atoms with E-state index in [0.29, 0.717) is 0 Å². The number of hydrogen-bond donors (Lipinski definition) is 1. The molecule has 0 spiro atoms. The number of alkyl halides is 3. The second kappa shape index (κ2) is 3.86. The molecule has 0 aromatic heterocycles. The molecule has 0 aromatic rings. The summed E-state index contributed by atoms with van der Waals surface area (Å²) in [6.45, 7) is 0.290. The van der Waals surface area contributed by atoms with Crippen LogP contribution in [0.25, 0.3) is 0 Å². The van der Waals surface area contributed by atoms with E-state index in [2.05, 4.69) is 0 Å². The number of hydrogen-bond acceptors (Lipinski definition) is 1. The van der Waals surface area contributed by atoms with Gasteiger partial charge < -0.3 is 5.11 Å². The predicted molar refractivity (Wildman–Crippen MR) is 43.7 cm³/mol. The highest BCUT2D eigenvalue weighted by atomic mass is 19.1. The van der Waals surface area contributed by atoms with Crippen molar-refractivity contribution in [2.75, 3.05) is 6.67 Å². The number of rotatable bonds is 2. The highest BCUT2D eigenvalue weighted by Crippen LogP contribution is 2.36. The maximum absolute atomic E-state index is 13.2. The molecular formula is C9H15F3O. The first-order valence-corrected chi connectivity index (χ1v) is 4.54. The zero-order chi connectivity index (χ0) is 10.1. The van der Waals surface area contributed by atoms with E-state index in [9.17, 15) is 18.3 Å². The molecule has 1 nitrogen and oxygen atoms in total. The fourth-order valence-corrected chi connectivity index (χ4v) is 1.87. The Balaban J connectivity index is 2.60. The van der Waals surface area contributed by atoms with Gasteiger partial charge in [-0.3, -0.25) is 0 Å². The van der Waals surface area contributed by atoms with Crippen molar-refractivity contribution in [3.05, 3.63) is 0 Å². The first kappa shape index (κ1) is 10.8. The third kappa shape index (κ3) is 2.36. The second-order valence-corrected chi connectivity index (χ2v) is 4.02. The van der Waals surface area contributed by atoms with E-state index < -0.39 is 30.5 Å². The molecule has 0 amide bonds. The molecule has 1 saturated carbocycles. The summed E-state index contributed by atoms with van der Waals surface area (Å²) in [6.07, 6.45) is -2.32. The molecule has 1 fully saturated rings. The van der Waals surface area contributed by atoms with Gasteiger partial charge in [-0.05, 0) is 19.8 Å². The lowest BCUT2D eigenvalue weighted by Gasteiger charge is -2.36. The van der Waals surface area contributed by atoms with Gasteiger partial charge in [0.1, 0.15) is 19.0 Å². The van der Waals surface area contributed by atoms with Crippen LogP contribution in [-0.2, 0) is 0 Å². The van der Waals surface area contributed by atoms with E-state index in [-0.39, 0.29) is 19.3 Å². The maximum Gasteiger partial charge on any atom is 0.118 e. The minimum Gasteiger partial charge on any atom is -0.387 e. The van der Waals surface area contributed by atoms with Gasteiger partial charge in [0.15, 0.2) is 0 Å². The Hall–Kier alpha value is -0.250. The number of aliphatic hydroxyl groups is 1. The van der Waals surface area contributed by atoms with Crippen molar-refractivity contribution in [2.45, 2.75) is 44.1 Å². The highest BCUT2D eigenvalue weighted by molar-refractivity contribution is 4.91. The monoisotopic (exact) mass is 196 g/mol. The van der Waals surface area contributed by atoms with Crippen LogP contribution in [0, 0.1) is 5.92 Å². The summed E-state index contributed by atoms with van der Waals surface area (Å²) in [5.74, 6) is -0.760. The molecule has 4 heteroatoms. The van der Waals surface area contributed by atoms with Crippen LogP contribution in [0.15, 0.2) is 0 Å². The Kier molecular flexibility index (Phi) is 3.22. The molecule has 1 rings (SSSR count). The van der Waals surface area contributed by atoms with Crippen molar-refractivity contribution in [2.24, 2.45) is 5.92 Å². The molecule has 1 N–H and O–H groups in total. The summed E-state index contributed by atoms with van der Waals surface area (Å²) in [5, 5.41) is 9.47. The van der Waals surface area contributed by atoms with Gasteiger partial charge in [0, 0.05) is 12.3 Å². The lowest BCUT2D eigenvalue weighted by Crippen LogP contribution is -2.45. The molecule has 0 aliphatic heterocycles. The van der Waals surface area contributed by atoms with Gasteiger partial charge in [0.05, 0.1) is 5.60 Å². The molecule has 78 valence electrons. The molecule has 4 unspecified atom stereocenters. The van der Waals surface area contributed by atoms with Crippen molar-refractivity contribution in [3.63, 3.8) is 0 Å². The van der Waals surface area contributed by atoms with Crippen molar-refractivity contribution in [3.8, 4) is 0 Å². The van der Waals surface area contributed by atoms with Gasteiger partial charge in [0.2, 0.25) is 0 Å². The average molecular weight is 196 g/mol. The van der Waals surface area contributed by atoms with Gasteiger partial charge in [-0.2, -0.15) is 0 Å². The Morgan fingerprint density at radius 1 is 1.38 bits per heavy atom. The summed E-state index contributed by atoms with van der Waals surface area (Å²) in [6, 6.07) is 0. The fourth-order valence-electron chi connectivity index (χ4n) is 1.87. The zero-order valence-corrected chi connectivity index (χ0v) is 7.64. The summed E-state index contributed by atoms with van der Waals surface area (Å²) in [7, 11) is 0. The first-order valence-electron chi connectivity index (χ1n) is 4.54. The second-order valence-electron chi connectivity index (χ2n) is 4.02. The molecular weight excluding hydrogens is 181 g/mol. The Labute approximate surface area is 75.9 Å². The Bertz CT molecular complexity index is 172. The zero-order valence-electron chi connectivity index (χ0n) is 7.64. The molecule has 0 bridgehead atoms. The lowest BCUT2D eigenvalue weighted by atomic mass is 9.76. The SMILES string of the molecule is CC(O)(CF)C1CCC(F)CC1F. The van der Waals surface area contributed by atoms with Crippen molar-refractivity contribution in [1.29, 1.82) is 0 Å². The lowest BCUT2D eigenvalue weighted by molar-refractivity contribution is -0.0747. The Morgan fingerprint density at radius 3 is 2.46 bits per heavy atom. The molecule has 0 aromatic carbocycles. The minimum atomic E-state index is -1.64. The van der Waals surface area contributed by atoms with Crippen LogP contribution in [0.3, 0.4) is 0 Å².